The molecule has 0 aromatic heterocycles. The summed E-state index contributed by atoms with van der Waals surface area (Å²) in [6.07, 6.45) is 0. The number of hydrogen-bond donors (Lipinski definition) is 2. The molecule has 0 bridgehead atoms. The number of amides is 1. The number of nitrogens with zero attached hydrogens (tertiary/aromatic N) is 1. The number of carbonyl (C=O) groups excluding carboxylic acids is 1. The van der Waals surface area contributed by atoms with Crippen molar-refractivity contribution in [1.82, 2.24) is 10.2 Å². The van der Waals surface area contributed by atoms with Gasteiger partial charge in [-0.05, 0) is 12.5 Å². The number of nitrogens with two attached hydrogens (primary N) is 1. The molecule has 1 aromatic rings. The molecule has 0 aliphatic carbocycles. The van der Waals surface area contributed by atoms with Crippen molar-refractivity contribution < 1.29 is 9.53 Å². The van der Waals surface area contributed by atoms with Crippen molar-refractivity contribution in [1.29, 1.82) is 0 Å². The van der Waals surface area contributed by atoms with Gasteiger partial charge in [-0.1, -0.05) is 29.8 Å². The topological polar surface area (TPSA) is 67.6 Å². The van der Waals surface area contributed by atoms with Crippen LogP contribution in [0.2, 0.25) is 0 Å². The predicted octanol–water partition coefficient (Wildman–Crippen LogP) is 0.443. The summed E-state index contributed by atoms with van der Waals surface area (Å²) in [5.74, 6) is -0.123. The first-order chi connectivity index (χ1) is 9.66. The van der Waals surface area contributed by atoms with Gasteiger partial charge in [0.15, 0.2) is 0 Å². The molecule has 1 aromatic carbocycles. The highest BCUT2D eigenvalue weighted by Gasteiger charge is 2.16. The van der Waals surface area contributed by atoms with E-state index in [0.29, 0.717) is 6.54 Å². The van der Waals surface area contributed by atoms with Gasteiger partial charge in [-0.3, -0.25) is 9.69 Å². The Bertz CT molecular complexity index is 427. The fraction of sp³-hybridized carbons (Fsp3) is 0.533. The van der Waals surface area contributed by atoms with Crippen molar-refractivity contribution in [2.24, 2.45) is 5.73 Å². The van der Waals surface area contributed by atoms with Crippen LogP contribution in [0.15, 0.2) is 24.3 Å². The quantitative estimate of drug-likeness (QED) is 0.820. The number of ether oxygens (including phenoxy) is 1. The second-order valence-corrected chi connectivity index (χ2v) is 5.13. The Morgan fingerprint density at radius 2 is 2.00 bits per heavy atom. The number of benzene rings is 1. The van der Waals surface area contributed by atoms with Gasteiger partial charge in [-0.15, -0.1) is 0 Å². The normalized spacial score (nSPS) is 17.7. The van der Waals surface area contributed by atoms with E-state index in [9.17, 15) is 4.79 Å². The molecular weight excluding hydrogens is 254 g/mol. The Morgan fingerprint density at radius 1 is 1.35 bits per heavy atom. The Balaban J connectivity index is 1.74. The van der Waals surface area contributed by atoms with E-state index in [4.69, 9.17) is 10.5 Å². The molecule has 5 nitrogen and oxygen atoms in total. The fourth-order valence-corrected chi connectivity index (χ4v) is 2.20. The number of rotatable bonds is 5. The van der Waals surface area contributed by atoms with E-state index in [2.05, 4.69) is 10.2 Å². The summed E-state index contributed by atoms with van der Waals surface area (Å²) in [7, 11) is 0. The third-order valence-electron chi connectivity index (χ3n) is 3.55. The van der Waals surface area contributed by atoms with Gasteiger partial charge in [0.1, 0.15) is 6.04 Å². The molecule has 1 heterocycles. The summed E-state index contributed by atoms with van der Waals surface area (Å²) in [6.45, 7) is 6.89. The van der Waals surface area contributed by atoms with Gasteiger partial charge in [-0.25, -0.2) is 0 Å². The molecular formula is C15H23N3O2. The Hall–Kier alpha value is -1.43. The average Bonchev–Trinajstić information content (AvgIpc) is 2.48. The Labute approximate surface area is 120 Å². The zero-order valence-electron chi connectivity index (χ0n) is 12.0. The van der Waals surface area contributed by atoms with Crippen LogP contribution in [0.1, 0.15) is 17.2 Å². The summed E-state index contributed by atoms with van der Waals surface area (Å²) in [4.78, 5) is 14.3. The van der Waals surface area contributed by atoms with Gasteiger partial charge < -0.3 is 15.8 Å². The van der Waals surface area contributed by atoms with Gasteiger partial charge in [0, 0.05) is 26.2 Å². The molecule has 0 radical (unpaired) electrons. The predicted molar refractivity (Wildman–Crippen MR) is 78.4 cm³/mol. The smallest absolute Gasteiger partial charge is 0.241 e. The molecule has 0 saturated carbocycles. The molecule has 1 amide bonds. The average molecular weight is 277 g/mol. The van der Waals surface area contributed by atoms with Crippen molar-refractivity contribution in [2.45, 2.75) is 13.0 Å². The second-order valence-electron chi connectivity index (χ2n) is 5.13. The molecule has 1 fully saturated rings. The zero-order chi connectivity index (χ0) is 14.4. The highest BCUT2D eigenvalue weighted by atomic mass is 16.5. The third kappa shape index (κ3) is 4.30. The molecule has 1 saturated heterocycles. The minimum Gasteiger partial charge on any atom is -0.379 e. The van der Waals surface area contributed by atoms with Crippen LogP contribution in [-0.4, -0.2) is 50.2 Å². The second kappa shape index (κ2) is 7.38. The minimum absolute atomic E-state index is 0.123. The van der Waals surface area contributed by atoms with Gasteiger partial charge in [0.25, 0.3) is 0 Å². The van der Waals surface area contributed by atoms with Crippen molar-refractivity contribution >= 4 is 5.91 Å². The lowest BCUT2D eigenvalue weighted by molar-refractivity contribution is -0.122. The first-order valence-corrected chi connectivity index (χ1v) is 7.07. The van der Waals surface area contributed by atoms with Crippen molar-refractivity contribution in [3.05, 3.63) is 35.4 Å². The summed E-state index contributed by atoms with van der Waals surface area (Å²) < 4.78 is 5.28. The highest BCUT2D eigenvalue weighted by molar-refractivity contribution is 5.82. The molecule has 1 aliphatic rings. The van der Waals surface area contributed by atoms with Crippen LogP contribution in [0.25, 0.3) is 0 Å². The summed E-state index contributed by atoms with van der Waals surface area (Å²) in [5.41, 5.74) is 7.97. The maximum absolute atomic E-state index is 12.0. The molecule has 1 aliphatic heterocycles. The number of morpholine rings is 1. The van der Waals surface area contributed by atoms with E-state index < -0.39 is 6.04 Å². The molecule has 20 heavy (non-hydrogen) atoms. The van der Waals surface area contributed by atoms with E-state index in [1.54, 1.807) is 0 Å². The first-order valence-electron chi connectivity index (χ1n) is 7.07. The van der Waals surface area contributed by atoms with Crippen LogP contribution in [0.5, 0.6) is 0 Å². The van der Waals surface area contributed by atoms with Gasteiger partial charge >= 0.3 is 0 Å². The third-order valence-corrected chi connectivity index (χ3v) is 3.55. The molecule has 3 N–H and O–H groups in total. The van der Waals surface area contributed by atoms with Crippen LogP contribution in [0.3, 0.4) is 0 Å². The van der Waals surface area contributed by atoms with E-state index in [0.717, 1.165) is 44.0 Å². The molecule has 110 valence electrons. The molecule has 1 atom stereocenters. The van der Waals surface area contributed by atoms with Crippen LogP contribution in [-0.2, 0) is 9.53 Å². The largest absolute Gasteiger partial charge is 0.379 e. The number of carbonyl (C=O) groups is 1. The maximum atomic E-state index is 12.0. The maximum Gasteiger partial charge on any atom is 0.241 e. The minimum atomic E-state index is -0.597. The molecule has 1 unspecified atom stereocenters. The first kappa shape index (κ1) is 15.0. The molecule has 0 spiro atoms. The highest BCUT2D eigenvalue weighted by Crippen LogP contribution is 2.11. The van der Waals surface area contributed by atoms with E-state index in [-0.39, 0.29) is 5.91 Å². The lowest BCUT2D eigenvalue weighted by Gasteiger charge is -2.26. The Morgan fingerprint density at radius 3 is 2.65 bits per heavy atom. The van der Waals surface area contributed by atoms with Gasteiger partial charge in [0.2, 0.25) is 5.91 Å². The summed E-state index contributed by atoms with van der Waals surface area (Å²) in [5, 5.41) is 2.90. The van der Waals surface area contributed by atoms with Crippen molar-refractivity contribution in [3.8, 4) is 0 Å². The van der Waals surface area contributed by atoms with Crippen LogP contribution >= 0.6 is 0 Å². The van der Waals surface area contributed by atoms with E-state index in [1.165, 1.54) is 0 Å². The van der Waals surface area contributed by atoms with Crippen LogP contribution in [0, 0.1) is 6.92 Å². The SMILES string of the molecule is Cc1ccc(C(N)C(=O)NCCN2CCOCC2)cc1. The van der Waals surface area contributed by atoms with Gasteiger partial charge in [0.05, 0.1) is 13.2 Å². The van der Waals surface area contributed by atoms with Crippen LogP contribution < -0.4 is 11.1 Å². The monoisotopic (exact) mass is 277 g/mol. The number of hydrogen-bond acceptors (Lipinski definition) is 4. The lowest BCUT2D eigenvalue weighted by Crippen LogP contribution is -2.43. The lowest BCUT2D eigenvalue weighted by atomic mass is 10.1. The van der Waals surface area contributed by atoms with Crippen molar-refractivity contribution in [3.63, 3.8) is 0 Å². The van der Waals surface area contributed by atoms with Crippen LogP contribution in [0.4, 0.5) is 0 Å². The zero-order valence-corrected chi connectivity index (χ0v) is 12.0. The summed E-state index contributed by atoms with van der Waals surface area (Å²) >= 11 is 0. The standard InChI is InChI=1S/C15H23N3O2/c1-12-2-4-13(5-3-12)14(16)15(19)17-6-7-18-8-10-20-11-9-18/h2-5,14H,6-11,16H2,1H3,(H,17,19). The van der Waals surface area contributed by atoms with Crippen molar-refractivity contribution in [2.75, 3.05) is 39.4 Å². The fourth-order valence-electron chi connectivity index (χ4n) is 2.20. The van der Waals surface area contributed by atoms with Gasteiger partial charge in [-0.2, -0.15) is 0 Å². The molecule has 5 heteroatoms. The van der Waals surface area contributed by atoms with E-state index in [1.807, 2.05) is 31.2 Å². The number of aryl methyl sites for hydroxylation is 1. The van der Waals surface area contributed by atoms with E-state index >= 15 is 0 Å². The Kier molecular flexibility index (Phi) is 5.52. The number of nitrogens with one attached hydrogen (secondary N) is 1. The summed E-state index contributed by atoms with van der Waals surface area (Å²) in [6, 6.07) is 7.15. The molecule has 2 rings (SSSR count).